The van der Waals surface area contributed by atoms with Gasteiger partial charge in [-0.15, -0.1) is 11.3 Å². The van der Waals surface area contributed by atoms with Crippen LogP contribution in [0.1, 0.15) is 28.1 Å². The van der Waals surface area contributed by atoms with Gasteiger partial charge in [0.25, 0.3) is 0 Å². The number of carboxylic acids is 1. The van der Waals surface area contributed by atoms with Gasteiger partial charge in [-0.25, -0.2) is 9.78 Å². The lowest BCUT2D eigenvalue weighted by Gasteiger charge is -2.32. The van der Waals surface area contributed by atoms with E-state index in [1.165, 1.54) is 18.4 Å². The van der Waals surface area contributed by atoms with Crippen LogP contribution < -0.4 is 4.90 Å². The number of anilines is 1. The summed E-state index contributed by atoms with van der Waals surface area (Å²) in [6.07, 6.45) is 1.38. The number of aromatic nitrogens is 2. The molecule has 0 bridgehead atoms. The largest absolute Gasteiger partial charge is 0.481 e. The number of carboxylic acid groups (broad SMARTS) is 1. The first-order valence-corrected chi connectivity index (χ1v) is 9.72. The van der Waals surface area contributed by atoms with E-state index >= 15 is 0 Å². The van der Waals surface area contributed by atoms with Gasteiger partial charge >= 0.3 is 11.9 Å². The van der Waals surface area contributed by atoms with Gasteiger partial charge in [0.05, 0.1) is 17.9 Å². The number of thiophene rings is 1. The lowest BCUT2D eigenvalue weighted by atomic mass is 9.98. The molecule has 1 aliphatic rings. The molecule has 8 nitrogen and oxygen atoms in total. The van der Waals surface area contributed by atoms with E-state index in [4.69, 9.17) is 21.1 Å². The standard InChI is InChI=1S/C17H20ClN3O5S/c1-9-11-13(21-5-3-4-10(8-21)15(22)23)19-17(18)20-14(11)27-12(9)16(24)26-7-6-25-2/h10H,3-8H2,1-2H3,(H,22,23). The fraction of sp³-hybridized carbons (Fsp3) is 0.529. The predicted octanol–water partition coefficient (Wildman–Crippen LogP) is 2.76. The molecule has 0 saturated carbocycles. The first kappa shape index (κ1) is 19.8. The Morgan fingerprint density at radius 3 is 2.85 bits per heavy atom. The fourth-order valence-electron chi connectivity index (χ4n) is 3.17. The summed E-state index contributed by atoms with van der Waals surface area (Å²) in [5.41, 5.74) is 0.710. The second kappa shape index (κ2) is 8.37. The molecule has 1 atom stereocenters. The van der Waals surface area contributed by atoms with Crippen LogP contribution in [0.2, 0.25) is 5.28 Å². The minimum Gasteiger partial charge on any atom is -0.481 e. The van der Waals surface area contributed by atoms with Gasteiger partial charge in [-0.3, -0.25) is 4.79 Å². The third-order valence-corrected chi connectivity index (χ3v) is 5.85. The minimum absolute atomic E-state index is 0.0653. The Kier molecular flexibility index (Phi) is 6.13. The molecular formula is C17H20ClN3O5S. The quantitative estimate of drug-likeness (QED) is 0.438. The summed E-state index contributed by atoms with van der Waals surface area (Å²) < 4.78 is 10.1. The maximum atomic E-state index is 12.4. The van der Waals surface area contributed by atoms with Gasteiger partial charge in [0.15, 0.2) is 0 Å². The molecule has 1 aliphatic heterocycles. The second-order valence-corrected chi connectivity index (χ2v) is 7.64. The molecule has 0 spiro atoms. The molecule has 146 valence electrons. The van der Waals surface area contributed by atoms with Crippen molar-refractivity contribution in [1.29, 1.82) is 0 Å². The first-order valence-electron chi connectivity index (χ1n) is 8.52. The smallest absolute Gasteiger partial charge is 0.348 e. The molecular weight excluding hydrogens is 394 g/mol. The van der Waals surface area contributed by atoms with Gasteiger partial charge in [0.1, 0.15) is 22.1 Å². The number of ether oxygens (including phenoxy) is 2. The predicted molar refractivity (Wildman–Crippen MR) is 102 cm³/mol. The number of carbonyl (C=O) groups excluding carboxylic acids is 1. The molecule has 3 heterocycles. The van der Waals surface area contributed by atoms with E-state index < -0.39 is 17.9 Å². The Morgan fingerprint density at radius 1 is 1.37 bits per heavy atom. The number of halogens is 1. The van der Waals surface area contributed by atoms with E-state index in [2.05, 4.69) is 9.97 Å². The molecule has 1 unspecified atom stereocenters. The van der Waals surface area contributed by atoms with Crippen LogP contribution in [0.15, 0.2) is 0 Å². The van der Waals surface area contributed by atoms with E-state index in [0.717, 1.165) is 6.42 Å². The second-order valence-electron chi connectivity index (χ2n) is 6.30. The summed E-state index contributed by atoms with van der Waals surface area (Å²) in [4.78, 5) is 35.3. The van der Waals surface area contributed by atoms with Gasteiger partial charge in [0, 0.05) is 20.2 Å². The van der Waals surface area contributed by atoms with Crippen LogP contribution in [-0.4, -0.2) is 60.4 Å². The molecule has 10 heteroatoms. The van der Waals surface area contributed by atoms with E-state index in [9.17, 15) is 14.7 Å². The zero-order valence-electron chi connectivity index (χ0n) is 15.0. The normalized spacial score (nSPS) is 17.3. The van der Waals surface area contributed by atoms with Crippen molar-refractivity contribution in [3.8, 4) is 0 Å². The number of fused-ring (bicyclic) bond motifs is 1. The average molecular weight is 414 g/mol. The van der Waals surface area contributed by atoms with Crippen LogP contribution in [0.3, 0.4) is 0 Å². The van der Waals surface area contributed by atoms with Crippen molar-refractivity contribution in [2.24, 2.45) is 5.92 Å². The fourth-order valence-corrected chi connectivity index (χ4v) is 4.45. The summed E-state index contributed by atoms with van der Waals surface area (Å²) in [7, 11) is 1.53. The number of aryl methyl sites for hydroxylation is 1. The molecule has 0 aliphatic carbocycles. The zero-order chi connectivity index (χ0) is 19.6. The van der Waals surface area contributed by atoms with E-state index in [1.54, 1.807) is 0 Å². The Hall–Kier alpha value is -1.97. The van der Waals surface area contributed by atoms with E-state index in [-0.39, 0.29) is 11.9 Å². The van der Waals surface area contributed by atoms with Crippen LogP contribution in [0.5, 0.6) is 0 Å². The number of carbonyl (C=O) groups is 2. The number of piperidine rings is 1. The van der Waals surface area contributed by atoms with Crippen molar-refractivity contribution in [1.82, 2.24) is 9.97 Å². The summed E-state index contributed by atoms with van der Waals surface area (Å²) in [6, 6.07) is 0. The highest BCUT2D eigenvalue weighted by Crippen LogP contribution is 2.37. The number of nitrogens with zero attached hydrogens (tertiary/aromatic N) is 3. The van der Waals surface area contributed by atoms with Crippen molar-refractivity contribution in [3.05, 3.63) is 15.7 Å². The molecule has 1 saturated heterocycles. The van der Waals surface area contributed by atoms with Crippen LogP contribution in [-0.2, 0) is 14.3 Å². The summed E-state index contributed by atoms with van der Waals surface area (Å²) in [5, 5.41) is 10.1. The molecule has 1 N–H and O–H groups in total. The number of hydrogen-bond donors (Lipinski definition) is 1. The molecule has 27 heavy (non-hydrogen) atoms. The van der Waals surface area contributed by atoms with Gasteiger partial charge in [-0.2, -0.15) is 4.98 Å². The first-order chi connectivity index (χ1) is 12.9. The maximum absolute atomic E-state index is 12.4. The topological polar surface area (TPSA) is 102 Å². The average Bonchev–Trinajstić information content (AvgIpc) is 2.97. The van der Waals surface area contributed by atoms with Crippen LogP contribution in [0.25, 0.3) is 10.2 Å². The van der Waals surface area contributed by atoms with Crippen LogP contribution in [0.4, 0.5) is 5.82 Å². The highest BCUT2D eigenvalue weighted by molar-refractivity contribution is 7.20. The number of aliphatic carboxylic acids is 1. The third kappa shape index (κ3) is 4.15. The highest BCUT2D eigenvalue weighted by Gasteiger charge is 2.29. The summed E-state index contributed by atoms with van der Waals surface area (Å²) >= 11 is 7.29. The molecule has 1 fully saturated rings. The number of esters is 1. The van der Waals surface area contributed by atoms with Gasteiger partial charge < -0.3 is 19.5 Å². The molecule has 0 radical (unpaired) electrons. The lowest BCUT2D eigenvalue weighted by Crippen LogP contribution is -2.39. The van der Waals surface area contributed by atoms with Crippen LogP contribution >= 0.6 is 22.9 Å². The number of methoxy groups -OCH3 is 1. The minimum atomic E-state index is -0.819. The van der Waals surface area contributed by atoms with Crippen LogP contribution in [0, 0.1) is 12.8 Å². The Bertz CT molecular complexity index is 872. The summed E-state index contributed by atoms with van der Waals surface area (Å²) in [6.45, 7) is 3.31. The van der Waals surface area contributed by atoms with Crippen molar-refractivity contribution in [2.45, 2.75) is 19.8 Å². The summed E-state index contributed by atoms with van der Waals surface area (Å²) in [5.74, 6) is -1.15. The molecule has 0 amide bonds. The SMILES string of the molecule is COCCOC(=O)c1sc2nc(Cl)nc(N3CCCC(C(=O)O)C3)c2c1C. The third-order valence-electron chi connectivity index (χ3n) is 4.52. The van der Waals surface area contributed by atoms with Crippen molar-refractivity contribution in [3.63, 3.8) is 0 Å². The Morgan fingerprint density at radius 2 is 2.15 bits per heavy atom. The van der Waals surface area contributed by atoms with E-state index in [0.29, 0.717) is 52.6 Å². The van der Waals surface area contributed by atoms with Gasteiger partial charge in [-0.1, -0.05) is 0 Å². The Balaban J connectivity index is 1.98. The van der Waals surface area contributed by atoms with Gasteiger partial charge in [-0.05, 0) is 36.9 Å². The number of hydrogen-bond acceptors (Lipinski definition) is 8. The maximum Gasteiger partial charge on any atom is 0.348 e. The van der Waals surface area contributed by atoms with Crippen molar-refractivity contribution >= 4 is 50.9 Å². The molecule has 2 aromatic rings. The monoisotopic (exact) mass is 413 g/mol. The lowest BCUT2D eigenvalue weighted by molar-refractivity contribution is -0.141. The van der Waals surface area contributed by atoms with Crippen molar-refractivity contribution < 1.29 is 24.2 Å². The van der Waals surface area contributed by atoms with E-state index in [1.807, 2.05) is 11.8 Å². The van der Waals surface area contributed by atoms with Crippen molar-refractivity contribution in [2.75, 3.05) is 38.3 Å². The molecule has 2 aromatic heterocycles. The highest BCUT2D eigenvalue weighted by atomic mass is 35.5. The van der Waals surface area contributed by atoms with Gasteiger partial charge in [0.2, 0.25) is 5.28 Å². The molecule has 0 aromatic carbocycles. The molecule has 3 rings (SSSR count). The number of rotatable bonds is 6. The Labute approximate surface area is 165 Å². The zero-order valence-corrected chi connectivity index (χ0v) is 16.6.